The van der Waals surface area contributed by atoms with E-state index >= 15 is 0 Å². The van der Waals surface area contributed by atoms with Gasteiger partial charge in [0.2, 0.25) is 6.29 Å². The molecule has 4 atom stereocenters. The van der Waals surface area contributed by atoms with Gasteiger partial charge in [0.05, 0.1) is 6.61 Å². The van der Waals surface area contributed by atoms with Crippen LogP contribution in [0.15, 0.2) is 12.2 Å². The Hall–Kier alpha value is -1.03. The minimum absolute atomic E-state index is 0.0149. The zero-order valence-electron chi connectivity index (χ0n) is 9.84. The topological polar surface area (TPSA) is 44.8 Å². The van der Waals surface area contributed by atoms with E-state index in [0.717, 1.165) is 32.1 Å². The number of hydrogen-bond donors (Lipinski definition) is 0. The Balaban J connectivity index is 1.45. The second-order valence-electron chi connectivity index (χ2n) is 5.10. The first-order chi connectivity index (χ1) is 8.31. The van der Waals surface area contributed by atoms with E-state index in [2.05, 4.69) is 12.2 Å². The molecule has 0 spiro atoms. The number of ether oxygens (including phenoxy) is 3. The molecule has 0 aromatic rings. The van der Waals surface area contributed by atoms with Crippen LogP contribution in [0.1, 0.15) is 32.1 Å². The molecule has 0 amide bonds. The van der Waals surface area contributed by atoms with Crippen LogP contribution in [-0.2, 0) is 14.2 Å². The highest BCUT2D eigenvalue weighted by Gasteiger charge is 2.38. The monoisotopic (exact) mass is 238 g/mol. The predicted octanol–water partition coefficient (Wildman–Crippen LogP) is 2.63. The molecular formula is C13H18O4. The fourth-order valence-electron chi connectivity index (χ4n) is 2.93. The Kier molecular flexibility index (Phi) is 3.05. The number of carbonyl (C=O) groups is 1. The molecule has 94 valence electrons. The average molecular weight is 238 g/mol. The number of carbonyl (C=O) groups excluding carboxylic acids is 1. The third kappa shape index (κ3) is 2.46. The molecule has 17 heavy (non-hydrogen) atoms. The van der Waals surface area contributed by atoms with Crippen LogP contribution < -0.4 is 0 Å². The molecule has 0 aromatic carbocycles. The van der Waals surface area contributed by atoms with Gasteiger partial charge in [0.1, 0.15) is 6.10 Å². The van der Waals surface area contributed by atoms with Gasteiger partial charge >= 0.3 is 6.16 Å². The maximum Gasteiger partial charge on any atom is 0.510 e. The van der Waals surface area contributed by atoms with Crippen molar-refractivity contribution < 1.29 is 19.0 Å². The van der Waals surface area contributed by atoms with E-state index in [1.165, 1.54) is 0 Å². The van der Waals surface area contributed by atoms with Gasteiger partial charge in [0, 0.05) is 12.3 Å². The second-order valence-corrected chi connectivity index (χ2v) is 5.10. The third-order valence-corrected chi connectivity index (χ3v) is 3.83. The maximum atomic E-state index is 11.6. The Bertz CT molecular complexity index is 319. The molecule has 4 heteroatoms. The van der Waals surface area contributed by atoms with Gasteiger partial charge in [-0.25, -0.2) is 4.79 Å². The minimum Gasteiger partial charge on any atom is -0.430 e. The van der Waals surface area contributed by atoms with Crippen LogP contribution in [-0.4, -0.2) is 25.2 Å². The van der Waals surface area contributed by atoms with E-state index < -0.39 is 12.4 Å². The lowest BCUT2D eigenvalue weighted by molar-refractivity contribution is -0.146. The van der Waals surface area contributed by atoms with Crippen molar-refractivity contribution in [2.24, 2.45) is 11.8 Å². The molecule has 0 radical (unpaired) electrons. The van der Waals surface area contributed by atoms with E-state index in [1.807, 2.05) is 0 Å². The van der Waals surface area contributed by atoms with Crippen LogP contribution in [0.2, 0.25) is 0 Å². The summed E-state index contributed by atoms with van der Waals surface area (Å²) in [5, 5.41) is 0. The van der Waals surface area contributed by atoms with Gasteiger partial charge in [-0.05, 0) is 31.6 Å². The van der Waals surface area contributed by atoms with Gasteiger partial charge in [-0.1, -0.05) is 12.2 Å². The summed E-state index contributed by atoms with van der Waals surface area (Å²) in [6, 6.07) is 0. The Morgan fingerprint density at radius 2 is 2.12 bits per heavy atom. The molecule has 1 heterocycles. The number of rotatable bonds is 2. The molecule has 1 aliphatic heterocycles. The lowest BCUT2D eigenvalue weighted by Gasteiger charge is -2.24. The highest BCUT2D eigenvalue weighted by molar-refractivity contribution is 5.60. The van der Waals surface area contributed by atoms with Crippen LogP contribution in [0.4, 0.5) is 4.79 Å². The van der Waals surface area contributed by atoms with Crippen molar-refractivity contribution in [3.05, 3.63) is 12.2 Å². The first-order valence-corrected chi connectivity index (χ1v) is 6.48. The van der Waals surface area contributed by atoms with Crippen LogP contribution >= 0.6 is 0 Å². The van der Waals surface area contributed by atoms with Crippen LogP contribution in [0, 0.1) is 11.8 Å². The summed E-state index contributed by atoms with van der Waals surface area (Å²) in [6.07, 6.45) is 8.38. The number of hydrogen-bond acceptors (Lipinski definition) is 4. The van der Waals surface area contributed by atoms with E-state index in [1.54, 1.807) is 0 Å². The van der Waals surface area contributed by atoms with Gasteiger partial charge in [0.15, 0.2) is 0 Å². The van der Waals surface area contributed by atoms with Crippen molar-refractivity contribution in [1.82, 2.24) is 0 Å². The van der Waals surface area contributed by atoms with E-state index in [4.69, 9.17) is 14.2 Å². The molecule has 1 saturated carbocycles. The minimum atomic E-state index is -0.567. The van der Waals surface area contributed by atoms with E-state index in [-0.39, 0.29) is 6.10 Å². The lowest BCUT2D eigenvalue weighted by Crippen LogP contribution is -2.29. The van der Waals surface area contributed by atoms with Gasteiger partial charge < -0.3 is 14.2 Å². The first kappa shape index (κ1) is 11.1. The predicted molar refractivity (Wildman–Crippen MR) is 60.3 cm³/mol. The van der Waals surface area contributed by atoms with E-state index in [0.29, 0.717) is 18.4 Å². The largest absolute Gasteiger partial charge is 0.510 e. The third-order valence-electron chi connectivity index (χ3n) is 3.83. The first-order valence-electron chi connectivity index (χ1n) is 6.48. The van der Waals surface area contributed by atoms with Crippen molar-refractivity contribution in [2.75, 3.05) is 6.61 Å². The molecule has 4 nitrogen and oxygen atoms in total. The smallest absolute Gasteiger partial charge is 0.430 e. The summed E-state index contributed by atoms with van der Waals surface area (Å²) < 4.78 is 15.8. The maximum absolute atomic E-state index is 11.6. The van der Waals surface area contributed by atoms with Crippen molar-refractivity contribution >= 4 is 6.16 Å². The molecule has 2 aliphatic carbocycles. The quantitative estimate of drug-likeness (QED) is 0.548. The molecule has 3 rings (SSSR count). The summed E-state index contributed by atoms with van der Waals surface area (Å²) in [5.41, 5.74) is 0. The van der Waals surface area contributed by atoms with Crippen molar-refractivity contribution in [1.29, 1.82) is 0 Å². The summed E-state index contributed by atoms with van der Waals surface area (Å²) in [6.45, 7) is 0.675. The molecule has 0 aromatic heterocycles. The van der Waals surface area contributed by atoms with Gasteiger partial charge in [-0.2, -0.15) is 0 Å². The Labute approximate surface area is 101 Å². The second kappa shape index (κ2) is 4.69. The molecule has 2 fully saturated rings. The van der Waals surface area contributed by atoms with Crippen LogP contribution in [0.3, 0.4) is 0 Å². The highest BCUT2D eigenvalue weighted by Crippen LogP contribution is 2.40. The van der Waals surface area contributed by atoms with Crippen LogP contribution in [0.25, 0.3) is 0 Å². The summed E-state index contributed by atoms with van der Waals surface area (Å²) in [5.74, 6) is 1.00. The molecule has 2 bridgehead atoms. The molecule has 0 N–H and O–H groups in total. The lowest BCUT2D eigenvalue weighted by atomic mass is 10.1. The van der Waals surface area contributed by atoms with Gasteiger partial charge in [0.25, 0.3) is 0 Å². The number of fused-ring (bicyclic) bond motifs is 2. The van der Waals surface area contributed by atoms with Gasteiger partial charge in [-0.3, -0.25) is 0 Å². The normalized spacial score (nSPS) is 39.3. The highest BCUT2D eigenvalue weighted by atomic mass is 16.8. The average Bonchev–Trinajstić information content (AvgIpc) is 2.92. The summed E-state index contributed by atoms with van der Waals surface area (Å²) >= 11 is 0. The molecule has 4 unspecified atom stereocenters. The zero-order chi connectivity index (χ0) is 11.7. The Morgan fingerprint density at radius 1 is 1.18 bits per heavy atom. The van der Waals surface area contributed by atoms with Crippen molar-refractivity contribution in [3.8, 4) is 0 Å². The standard InChI is InChI=1S/C13H18O4/c14-13(17-12-3-1-2-6-15-12)16-11-8-9-4-5-10(11)7-9/h4-5,9-12H,1-3,6-8H2. The van der Waals surface area contributed by atoms with Crippen molar-refractivity contribution in [2.45, 2.75) is 44.5 Å². The number of allylic oxidation sites excluding steroid dienone is 1. The van der Waals surface area contributed by atoms with Gasteiger partial charge in [-0.15, -0.1) is 0 Å². The fraction of sp³-hybridized carbons (Fsp3) is 0.769. The van der Waals surface area contributed by atoms with Crippen molar-refractivity contribution in [3.63, 3.8) is 0 Å². The molecule has 1 saturated heterocycles. The van der Waals surface area contributed by atoms with Crippen LogP contribution in [0.5, 0.6) is 0 Å². The molecular weight excluding hydrogens is 220 g/mol. The SMILES string of the molecule is O=C(OC1CCCCO1)OC1CC2C=CC1C2. The Morgan fingerprint density at radius 3 is 2.76 bits per heavy atom. The fourth-order valence-corrected chi connectivity index (χ4v) is 2.93. The summed E-state index contributed by atoms with van der Waals surface area (Å²) in [7, 11) is 0. The summed E-state index contributed by atoms with van der Waals surface area (Å²) in [4.78, 5) is 11.6. The zero-order valence-corrected chi connectivity index (χ0v) is 9.84. The molecule has 3 aliphatic rings. The van der Waals surface area contributed by atoms with E-state index in [9.17, 15) is 4.79 Å².